The molecule has 2 atom stereocenters. The molecule has 0 radical (unpaired) electrons. The zero-order valence-corrected chi connectivity index (χ0v) is 9.78. The van der Waals surface area contributed by atoms with Crippen molar-refractivity contribution in [3.8, 4) is 0 Å². The summed E-state index contributed by atoms with van der Waals surface area (Å²) in [5, 5.41) is 0. The van der Waals surface area contributed by atoms with E-state index in [0.717, 1.165) is 13.1 Å². The first-order valence-electron chi connectivity index (χ1n) is 6.29. The Morgan fingerprint density at radius 2 is 1.94 bits per heavy atom. The van der Waals surface area contributed by atoms with Crippen molar-refractivity contribution in [2.45, 2.75) is 25.3 Å². The summed E-state index contributed by atoms with van der Waals surface area (Å²) in [4.78, 5) is 2.18. The average Bonchev–Trinajstić information content (AvgIpc) is 2.82. The third-order valence-corrected chi connectivity index (χ3v) is 4.16. The molecule has 2 fully saturated rings. The van der Waals surface area contributed by atoms with Crippen molar-refractivity contribution in [3.63, 3.8) is 0 Å². The van der Waals surface area contributed by atoms with Crippen molar-refractivity contribution in [1.29, 1.82) is 0 Å². The number of nitrogens with zero attached hydrogens (tertiary/aromatic N) is 1. The van der Waals surface area contributed by atoms with E-state index in [1.54, 1.807) is 0 Å². The van der Waals surface area contributed by atoms with Crippen molar-refractivity contribution in [1.82, 2.24) is 4.90 Å². The third kappa shape index (κ3) is 2.08. The van der Waals surface area contributed by atoms with Crippen LogP contribution >= 0.6 is 0 Å². The van der Waals surface area contributed by atoms with Gasteiger partial charge in [-0.2, -0.15) is 0 Å². The van der Waals surface area contributed by atoms with E-state index in [4.69, 9.17) is 0 Å². The van der Waals surface area contributed by atoms with Crippen molar-refractivity contribution < 1.29 is 8.78 Å². The molecule has 1 aromatic carbocycles. The Labute approximate surface area is 100 Å². The van der Waals surface area contributed by atoms with Gasteiger partial charge in [0.2, 0.25) is 0 Å². The molecule has 1 heterocycles. The Balaban J connectivity index is 1.66. The average molecular weight is 237 g/mol. The lowest BCUT2D eigenvalue weighted by Gasteiger charge is -2.20. The standard InChI is InChI=1S/C14H17F2N/c15-14(16)7-6-12-9-17(10-13(12)14)8-11-4-2-1-3-5-11/h1-5,12-13H,6-10H2/t12-,13-/m0/s1. The summed E-state index contributed by atoms with van der Waals surface area (Å²) in [6, 6.07) is 10.1. The fraction of sp³-hybridized carbons (Fsp3) is 0.571. The van der Waals surface area contributed by atoms with Crippen LogP contribution in [0.15, 0.2) is 30.3 Å². The molecule has 1 nitrogen and oxygen atoms in total. The molecule has 1 saturated carbocycles. The van der Waals surface area contributed by atoms with Gasteiger partial charge in [0.25, 0.3) is 5.92 Å². The van der Waals surface area contributed by atoms with Crippen LogP contribution in [0, 0.1) is 11.8 Å². The minimum atomic E-state index is -2.42. The minimum Gasteiger partial charge on any atom is -0.298 e. The fourth-order valence-electron chi connectivity index (χ4n) is 3.27. The number of halogens is 2. The van der Waals surface area contributed by atoms with Gasteiger partial charge in [0.15, 0.2) is 0 Å². The highest BCUT2D eigenvalue weighted by atomic mass is 19.3. The van der Waals surface area contributed by atoms with Gasteiger partial charge in [-0.1, -0.05) is 30.3 Å². The third-order valence-electron chi connectivity index (χ3n) is 4.16. The van der Waals surface area contributed by atoms with Gasteiger partial charge in [-0.05, 0) is 17.9 Å². The molecule has 0 spiro atoms. The number of hydrogen-bond donors (Lipinski definition) is 0. The van der Waals surface area contributed by atoms with Gasteiger partial charge in [0.05, 0.1) is 0 Å². The molecule has 3 heteroatoms. The summed E-state index contributed by atoms with van der Waals surface area (Å²) < 4.78 is 27.2. The van der Waals surface area contributed by atoms with Crippen LogP contribution in [0.25, 0.3) is 0 Å². The van der Waals surface area contributed by atoms with Crippen LogP contribution in [0.4, 0.5) is 8.78 Å². The maximum atomic E-state index is 13.6. The van der Waals surface area contributed by atoms with Gasteiger partial charge < -0.3 is 0 Å². The topological polar surface area (TPSA) is 3.24 Å². The molecular formula is C14H17F2N. The van der Waals surface area contributed by atoms with Crippen LogP contribution in [0.3, 0.4) is 0 Å². The van der Waals surface area contributed by atoms with Crippen LogP contribution in [-0.4, -0.2) is 23.9 Å². The number of hydrogen-bond acceptors (Lipinski definition) is 1. The van der Waals surface area contributed by atoms with E-state index in [9.17, 15) is 8.78 Å². The van der Waals surface area contributed by atoms with Crippen LogP contribution < -0.4 is 0 Å². The zero-order valence-electron chi connectivity index (χ0n) is 9.78. The highest BCUT2D eigenvalue weighted by Crippen LogP contribution is 2.48. The smallest absolute Gasteiger partial charge is 0.252 e. The molecule has 0 amide bonds. The van der Waals surface area contributed by atoms with E-state index in [1.807, 2.05) is 18.2 Å². The van der Waals surface area contributed by atoms with Gasteiger partial charge in [0, 0.05) is 32.0 Å². The zero-order chi connectivity index (χ0) is 11.9. The Kier molecular flexibility index (Phi) is 2.66. The van der Waals surface area contributed by atoms with Gasteiger partial charge in [-0.3, -0.25) is 4.90 Å². The van der Waals surface area contributed by atoms with Gasteiger partial charge in [-0.15, -0.1) is 0 Å². The lowest BCUT2D eigenvalue weighted by Crippen LogP contribution is -2.28. The molecule has 0 unspecified atom stereocenters. The summed E-state index contributed by atoms with van der Waals surface area (Å²) in [7, 11) is 0. The van der Waals surface area contributed by atoms with E-state index in [1.165, 1.54) is 5.56 Å². The first-order valence-corrected chi connectivity index (χ1v) is 6.29. The van der Waals surface area contributed by atoms with Crippen LogP contribution in [0.1, 0.15) is 18.4 Å². The molecule has 1 saturated heterocycles. The van der Waals surface area contributed by atoms with Gasteiger partial charge in [0.1, 0.15) is 0 Å². The predicted molar refractivity (Wildman–Crippen MR) is 62.9 cm³/mol. The minimum absolute atomic E-state index is 0.0987. The molecule has 3 rings (SSSR count). The van der Waals surface area contributed by atoms with Gasteiger partial charge in [-0.25, -0.2) is 8.78 Å². The van der Waals surface area contributed by atoms with Crippen molar-refractivity contribution in [3.05, 3.63) is 35.9 Å². The van der Waals surface area contributed by atoms with E-state index in [-0.39, 0.29) is 12.3 Å². The van der Waals surface area contributed by atoms with Crippen LogP contribution in [0.5, 0.6) is 0 Å². The quantitative estimate of drug-likeness (QED) is 0.763. The highest BCUT2D eigenvalue weighted by Gasteiger charge is 2.53. The van der Waals surface area contributed by atoms with E-state index < -0.39 is 11.8 Å². The predicted octanol–water partition coefficient (Wildman–Crippen LogP) is 3.16. The first kappa shape index (κ1) is 11.1. The summed E-state index contributed by atoms with van der Waals surface area (Å²) in [5.41, 5.74) is 1.22. The number of alkyl halides is 2. The molecule has 0 N–H and O–H groups in total. The molecule has 17 heavy (non-hydrogen) atoms. The monoisotopic (exact) mass is 237 g/mol. The second-order valence-corrected chi connectivity index (χ2v) is 5.35. The van der Waals surface area contributed by atoms with Crippen LogP contribution in [-0.2, 0) is 6.54 Å². The van der Waals surface area contributed by atoms with E-state index in [0.29, 0.717) is 13.0 Å². The molecule has 1 aliphatic heterocycles. The normalized spacial score (nSPS) is 31.6. The first-order chi connectivity index (χ1) is 8.15. The van der Waals surface area contributed by atoms with Crippen molar-refractivity contribution in [2.75, 3.05) is 13.1 Å². The maximum absolute atomic E-state index is 13.6. The maximum Gasteiger partial charge on any atom is 0.252 e. The molecule has 0 aromatic heterocycles. The lowest BCUT2D eigenvalue weighted by molar-refractivity contribution is -0.0400. The van der Waals surface area contributed by atoms with E-state index >= 15 is 0 Å². The Hall–Kier alpha value is -0.960. The second kappa shape index (κ2) is 4.05. The SMILES string of the molecule is FC1(F)CC[C@H]2CN(Cc3ccccc3)C[C@@H]21. The lowest BCUT2D eigenvalue weighted by atomic mass is 9.99. The molecular weight excluding hydrogens is 220 g/mol. The number of benzene rings is 1. The molecule has 1 aromatic rings. The summed E-state index contributed by atoms with van der Waals surface area (Å²) >= 11 is 0. The number of rotatable bonds is 2. The summed E-state index contributed by atoms with van der Waals surface area (Å²) in [6.45, 7) is 2.21. The Morgan fingerprint density at radius 1 is 1.18 bits per heavy atom. The van der Waals surface area contributed by atoms with Crippen LogP contribution in [0.2, 0.25) is 0 Å². The van der Waals surface area contributed by atoms with Gasteiger partial charge >= 0.3 is 0 Å². The highest BCUT2D eigenvalue weighted by molar-refractivity contribution is 5.15. The number of fused-ring (bicyclic) bond motifs is 1. The van der Waals surface area contributed by atoms with Crippen molar-refractivity contribution >= 4 is 0 Å². The molecule has 1 aliphatic carbocycles. The summed E-state index contributed by atoms with van der Waals surface area (Å²) in [5.74, 6) is -2.60. The Bertz CT molecular complexity index is 390. The summed E-state index contributed by atoms with van der Waals surface area (Å²) in [6.07, 6.45) is 0.796. The number of likely N-dealkylation sites (tertiary alicyclic amines) is 1. The van der Waals surface area contributed by atoms with Crippen molar-refractivity contribution in [2.24, 2.45) is 11.8 Å². The Morgan fingerprint density at radius 3 is 2.65 bits per heavy atom. The fourth-order valence-corrected chi connectivity index (χ4v) is 3.27. The molecule has 2 aliphatic rings. The largest absolute Gasteiger partial charge is 0.298 e. The second-order valence-electron chi connectivity index (χ2n) is 5.35. The molecule has 92 valence electrons. The van der Waals surface area contributed by atoms with E-state index in [2.05, 4.69) is 17.0 Å². The molecule has 0 bridgehead atoms.